The fourth-order valence-electron chi connectivity index (χ4n) is 2.89. The first-order chi connectivity index (χ1) is 12.1. The molecule has 2 aromatic heterocycles. The van der Waals surface area contributed by atoms with Crippen molar-refractivity contribution in [2.45, 2.75) is 20.0 Å². The lowest BCUT2D eigenvalue weighted by atomic mass is 10.1. The summed E-state index contributed by atoms with van der Waals surface area (Å²) in [5, 5.41) is 15.3. The molecule has 4 aromatic rings. The topological polar surface area (TPSA) is 63.8 Å². The molecular weight excluding hydrogens is 312 g/mol. The molecule has 0 saturated heterocycles. The van der Waals surface area contributed by atoms with Gasteiger partial charge in [0.15, 0.2) is 0 Å². The van der Waals surface area contributed by atoms with Crippen LogP contribution >= 0.6 is 0 Å². The lowest BCUT2D eigenvalue weighted by Gasteiger charge is -2.05. The number of hydrogen-bond acceptors (Lipinski definition) is 4. The minimum Gasteiger partial charge on any atom is -0.387 e. The molecule has 0 bridgehead atoms. The summed E-state index contributed by atoms with van der Waals surface area (Å²) in [7, 11) is 0. The van der Waals surface area contributed by atoms with Crippen LogP contribution in [-0.2, 0) is 0 Å². The maximum atomic E-state index is 9.97. The number of fused-ring (bicyclic) bond motifs is 1. The highest BCUT2D eigenvalue weighted by Crippen LogP contribution is 2.25. The molecule has 5 nitrogen and oxygen atoms in total. The summed E-state index contributed by atoms with van der Waals surface area (Å²) in [6, 6.07) is 16.8. The molecule has 5 heteroatoms. The number of hydrogen-bond donors (Lipinski definition) is 1. The van der Waals surface area contributed by atoms with Crippen molar-refractivity contribution in [2.75, 3.05) is 0 Å². The monoisotopic (exact) mass is 329 g/mol. The van der Waals surface area contributed by atoms with E-state index in [1.165, 1.54) is 5.56 Å². The molecule has 0 fully saturated rings. The normalized spacial score (nSPS) is 12.4. The average molecular weight is 329 g/mol. The summed E-state index contributed by atoms with van der Waals surface area (Å²) in [5.41, 5.74) is 4.65. The number of aliphatic hydroxyl groups is 1. The molecule has 2 aromatic carbocycles. The van der Waals surface area contributed by atoms with Crippen LogP contribution in [0.1, 0.15) is 24.3 Å². The van der Waals surface area contributed by atoms with Crippen molar-refractivity contribution in [3.63, 3.8) is 0 Å². The Hall–Kier alpha value is -3.05. The molecule has 0 spiro atoms. The Kier molecular flexibility index (Phi) is 3.78. The molecule has 2 heterocycles. The zero-order valence-corrected chi connectivity index (χ0v) is 14.0. The van der Waals surface area contributed by atoms with Crippen LogP contribution in [0.15, 0.2) is 54.9 Å². The van der Waals surface area contributed by atoms with Gasteiger partial charge in [-0.3, -0.25) is 0 Å². The number of aryl methyl sites for hydroxylation is 1. The van der Waals surface area contributed by atoms with Crippen LogP contribution in [0.2, 0.25) is 0 Å². The van der Waals surface area contributed by atoms with Crippen LogP contribution < -0.4 is 0 Å². The molecule has 1 N–H and O–H groups in total. The fraction of sp³-hybridized carbons (Fsp3) is 0.150. The van der Waals surface area contributed by atoms with Gasteiger partial charge in [0.05, 0.1) is 17.3 Å². The summed E-state index contributed by atoms with van der Waals surface area (Å²) in [6.07, 6.45) is 2.91. The van der Waals surface area contributed by atoms with E-state index >= 15 is 0 Å². The van der Waals surface area contributed by atoms with Crippen molar-refractivity contribution in [3.8, 4) is 17.1 Å². The molecule has 1 radical (unpaired) electrons. The van der Waals surface area contributed by atoms with Crippen LogP contribution in [0.25, 0.3) is 28.0 Å². The predicted molar refractivity (Wildman–Crippen MR) is 96.3 cm³/mol. The Bertz CT molecular complexity index is 1040. The fourth-order valence-corrected chi connectivity index (χ4v) is 2.89. The van der Waals surface area contributed by atoms with Crippen LogP contribution in [0, 0.1) is 13.0 Å². The van der Waals surface area contributed by atoms with Gasteiger partial charge in [0.2, 0.25) is 0 Å². The van der Waals surface area contributed by atoms with Gasteiger partial charge in [-0.2, -0.15) is 9.78 Å². The van der Waals surface area contributed by atoms with E-state index < -0.39 is 6.10 Å². The van der Waals surface area contributed by atoms with E-state index in [9.17, 15) is 5.11 Å². The molecular formula is C20H17N4O. The second-order valence-electron chi connectivity index (χ2n) is 6.06. The average Bonchev–Trinajstić information content (AvgIpc) is 3.02. The van der Waals surface area contributed by atoms with Crippen molar-refractivity contribution in [1.82, 2.24) is 19.7 Å². The Labute approximate surface area is 145 Å². The molecule has 25 heavy (non-hydrogen) atoms. The summed E-state index contributed by atoms with van der Waals surface area (Å²) in [6.45, 7) is 3.76. The summed E-state index contributed by atoms with van der Waals surface area (Å²) >= 11 is 0. The van der Waals surface area contributed by atoms with Crippen molar-refractivity contribution < 1.29 is 5.11 Å². The first-order valence-corrected chi connectivity index (χ1v) is 8.10. The molecule has 0 saturated carbocycles. The third-order valence-corrected chi connectivity index (χ3v) is 4.13. The molecule has 1 unspecified atom stereocenters. The summed E-state index contributed by atoms with van der Waals surface area (Å²) in [4.78, 5) is 8.94. The zero-order chi connectivity index (χ0) is 17.4. The maximum absolute atomic E-state index is 9.97. The standard InChI is InChI=1S/C20H17N4O/c1-13-6-5-7-15(10-13)16-11-21-20(22-12-16)24-18-9-4-3-8-17(18)19(23-24)14(2)25/h3,5-12,14,25H,1-2H3. The highest BCUT2D eigenvalue weighted by Gasteiger charge is 2.16. The Balaban J connectivity index is 1.79. The number of rotatable bonds is 3. The van der Waals surface area contributed by atoms with Crippen LogP contribution in [0.4, 0.5) is 0 Å². The lowest BCUT2D eigenvalue weighted by Crippen LogP contribution is -2.04. The van der Waals surface area contributed by atoms with Crippen molar-refractivity contribution in [3.05, 3.63) is 72.2 Å². The first-order valence-electron chi connectivity index (χ1n) is 8.10. The molecule has 0 aliphatic carbocycles. The minimum absolute atomic E-state index is 0.466. The van der Waals surface area contributed by atoms with E-state index in [1.807, 2.05) is 30.3 Å². The molecule has 123 valence electrons. The first kappa shape index (κ1) is 15.5. The molecule has 0 amide bonds. The second kappa shape index (κ2) is 6.11. The van der Waals surface area contributed by atoms with Crippen molar-refractivity contribution in [1.29, 1.82) is 0 Å². The van der Waals surface area contributed by atoms with Gasteiger partial charge in [0.1, 0.15) is 0 Å². The zero-order valence-electron chi connectivity index (χ0n) is 14.0. The van der Waals surface area contributed by atoms with E-state index in [0.29, 0.717) is 11.6 Å². The Morgan fingerprint density at radius 3 is 2.64 bits per heavy atom. The number of benzene rings is 2. The molecule has 1 atom stereocenters. The summed E-state index contributed by atoms with van der Waals surface area (Å²) in [5.74, 6) is 0.466. The number of aromatic nitrogens is 4. The van der Waals surface area contributed by atoms with Gasteiger partial charge >= 0.3 is 0 Å². The lowest BCUT2D eigenvalue weighted by molar-refractivity contribution is 0.195. The van der Waals surface area contributed by atoms with Crippen LogP contribution in [-0.4, -0.2) is 24.9 Å². The van der Waals surface area contributed by atoms with Crippen molar-refractivity contribution in [2.24, 2.45) is 0 Å². The molecule has 0 aliphatic heterocycles. The van der Waals surface area contributed by atoms with Gasteiger partial charge in [0, 0.05) is 23.3 Å². The van der Waals surface area contributed by atoms with Gasteiger partial charge in [-0.1, -0.05) is 42.0 Å². The van der Waals surface area contributed by atoms with E-state index in [1.54, 1.807) is 24.0 Å². The van der Waals surface area contributed by atoms with E-state index in [2.05, 4.69) is 40.2 Å². The SMILES string of the molecule is Cc1cccc(-c2cnc(-n3nc(C(C)O)c4cc[c]cc43)nc2)c1. The highest BCUT2D eigenvalue weighted by atomic mass is 16.3. The van der Waals surface area contributed by atoms with Crippen molar-refractivity contribution >= 4 is 10.9 Å². The second-order valence-corrected chi connectivity index (χ2v) is 6.06. The third kappa shape index (κ3) is 2.79. The predicted octanol–water partition coefficient (Wildman–Crippen LogP) is 3.64. The quantitative estimate of drug-likeness (QED) is 0.623. The van der Waals surface area contributed by atoms with E-state index in [0.717, 1.165) is 22.0 Å². The van der Waals surface area contributed by atoms with Gasteiger partial charge in [0.25, 0.3) is 5.95 Å². The Morgan fingerprint density at radius 1 is 1.12 bits per heavy atom. The number of aliphatic hydroxyl groups excluding tert-OH is 1. The highest BCUT2D eigenvalue weighted by molar-refractivity contribution is 5.83. The molecule has 4 rings (SSSR count). The minimum atomic E-state index is -0.669. The van der Waals surface area contributed by atoms with E-state index in [4.69, 9.17) is 0 Å². The molecule has 0 aliphatic rings. The summed E-state index contributed by atoms with van der Waals surface area (Å²) < 4.78 is 1.65. The van der Waals surface area contributed by atoms with Crippen LogP contribution in [0.5, 0.6) is 0 Å². The van der Waals surface area contributed by atoms with E-state index in [-0.39, 0.29) is 0 Å². The van der Waals surface area contributed by atoms with Gasteiger partial charge in [-0.25, -0.2) is 9.97 Å². The largest absolute Gasteiger partial charge is 0.387 e. The number of nitrogens with zero attached hydrogens (tertiary/aromatic N) is 4. The van der Waals surface area contributed by atoms with Gasteiger partial charge in [-0.05, 0) is 31.5 Å². The van der Waals surface area contributed by atoms with Gasteiger partial charge in [-0.15, -0.1) is 0 Å². The third-order valence-electron chi connectivity index (χ3n) is 4.13. The van der Waals surface area contributed by atoms with Gasteiger partial charge < -0.3 is 5.11 Å². The Morgan fingerprint density at radius 2 is 1.92 bits per heavy atom. The van der Waals surface area contributed by atoms with Crippen LogP contribution in [0.3, 0.4) is 0 Å². The smallest absolute Gasteiger partial charge is 0.251 e. The maximum Gasteiger partial charge on any atom is 0.251 e.